The molecule has 0 heterocycles. The standard InChI is InChI=1S/C87H148O17P2/c1-5-9-13-17-21-25-29-33-37-39-40-42-46-48-52-56-60-64-68-72-85(90)98-78-83(104-87(92)74-70-66-62-58-54-50-44-36-32-28-24-20-16-12-8-4)80-102-106(95,96)100-76-81(88)75-99-105(93,94)101-79-82(103-86(91)73-69-65-61-57-53-49-43-35-31-27-23-19-15-11-7-3)77-97-84(89)71-67-63-59-55-51-47-45-41-38-34-30-26-22-18-14-10-6-2/h9-11,13-15,21-23,25-27,33-35,37-38,40,42-43,48,52,81-83,88H,5-8,12,16-20,24,28-32,36,39,41,44-47,49-51,53-80H2,1-4H3,(H,93,94)(H,95,96)/b13-9-,14-10-,15-11-,25-21-,26-22-,27-23-,37-33-,38-34-,42-40-,43-35-,52-48-. The van der Waals surface area contributed by atoms with Crippen LogP contribution in [-0.2, 0) is 65.4 Å². The Hall–Kier alpha value is -4.80. The van der Waals surface area contributed by atoms with Gasteiger partial charge >= 0.3 is 39.5 Å². The highest BCUT2D eigenvalue weighted by Crippen LogP contribution is 2.45. The van der Waals surface area contributed by atoms with Crippen molar-refractivity contribution in [2.75, 3.05) is 39.6 Å². The third-order valence-electron chi connectivity index (χ3n) is 17.1. The number of unbranched alkanes of at least 4 members (excludes halogenated alkanes) is 29. The monoisotopic (exact) mass is 1530 g/mol. The largest absolute Gasteiger partial charge is 0.472 e. The van der Waals surface area contributed by atoms with Crippen LogP contribution in [0.15, 0.2) is 134 Å². The maximum atomic E-state index is 13.1. The molecule has 17 nitrogen and oxygen atoms in total. The smallest absolute Gasteiger partial charge is 0.462 e. The number of phosphoric ester groups is 2. The minimum absolute atomic E-state index is 0.0704. The van der Waals surface area contributed by atoms with Gasteiger partial charge in [0.1, 0.15) is 19.3 Å². The van der Waals surface area contributed by atoms with Crippen LogP contribution in [0.1, 0.15) is 336 Å². The number of phosphoric acid groups is 2. The molecule has 608 valence electrons. The maximum Gasteiger partial charge on any atom is 0.472 e. The molecule has 0 amide bonds. The zero-order valence-electron chi connectivity index (χ0n) is 66.6. The SMILES string of the molecule is CC/C=C\C/C=C\C/C=C\C/C=C\C/C=C\CCCCCC(=O)OCC(COP(=O)(O)OCC(O)COP(=O)(O)OCC(COC(=O)CCCCCCCCC/C=C\C/C=C\C/C=C\CC)OC(=O)CCCCCCC/C=C\C/C=C\C/C=C\CC)OC(=O)CCCCCCCCCCCCCCCCC. The Kier molecular flexibility index (Phi) is 74.8. The molecule has 0 aromatic rings. The number of allylic oxidation sites excluding steroid dienone is 22. The molecule has 0 aliphatic rings. The molecule has 0 rings (SSSR count). The van der Waals surface area contributed by atoms with E-state index in [1.807, 2.05) is 0 Å². The Morgan fingerprint density at radius 3 is 0.764 bits per heavy atom. The molecular formula is C87H148O17P2. The van der Waals surface area contributed by atoms with Crippen LogP contribution in [0, 0.1) is 0 Å². The predicted octanol–water partition coefficient (Wildman–Crippen LogP) is 24.4. The lowest BCUT2D eigenvalue weighted by Gasteiger charge is -2.21. The summed E-state index contributed by atoms with van der Waals surface area (Å²) in [7, 11) is -9.98. The van der Waals surface area contributed by atoms with Crippen LogP contribution < -0.4 is 0 Å². The molecule has 0 saturated carbocycles. The fourth-order valence-electron chi connectivity index (χ4n) is 10.9. The van der Waals surface area contributed by atoms with Gasteiger partial charge in [0.2, 0.25) is 0 Å². The second-order valence-corrected chi connectivity index (χ2v) is 30.2. The maximum absolute atomic E-state index is 13.1. The summed E-state index contributed by atoms with van der Waals surface area (Å²) < 4.78 is 68.7. The highest BCUT2D eigenvalue weighted by atomic mass is 31.2. The fraction of sp³-hybridized carbons (Fsp3) is 0.701. The van der Waals surface area contributed by atoms with Crippen molar-refractivity contribution >= 4 is 39.5 Å². The van der Waals surface area contributed by atoms with Gasteiger partial charge in [-0.25, -0.2) is 9.13 Å². The number of carbonyl (C=O) groups excluding carboxylic acids is 4. The zero-order chi connectivity index (χ0) is 77.4. The fourth-order valence-corrected chi connectivity index (χ4v) is 12.5. The summed E-state index contributed by atoms with van der Waals surface area (Å²) in [6, 6.07) is 0. The molecule has 0 radical (unpaired) electrons. The first-order valence-electron chi connectivity index (χ1n) is 41.4. The van der Waals surface area contributed by atoms with Gasteiger partial charge in [0.05, 0.1) is 26.4 Å². The van der Waals surface area contributed by atoms with E-state index in [-0.39, 0.29) is 25.7 Å². The molecule has 106 heavy (non-hydrogen) atoms. The van der Waals surface area contributed by atoms with Gasteiger partial charge in [-0.2, -0.15) is 0 Å². The summed E-state index contributed by atoms with van der Waals surface area (Å²) in [5, 5.41) is 10.7. The molecule has 0 saturated heterocycles. The van der Waals surface area contributed by atoms with Crippen molar-refractivity contribution in [3.8, 4) is 0 Å². The Morgan fingerprint density at radius 1 is 0.274 bits per heavy atom. The van der Waals surface area contributed by atoms with E-state index >= 15 is 0 Å². The van der Waals surface area contributed by atoms with Crippen molar-refractivity contribution in [2.45, 2.75) is 354 Å². The van der Waals surface area contributed by atoms with Crippen LogP contribution in [0.5, 0.6) is 0 Å². The Morgan fingerprint density at radius 2 is 0.491 bits per heavy atom. The van der Waals surface area contributed by atoms with E-state index in [0.717, 1.165) is 193 Å². The van der Waals surface area contributed by atoms with Crippen molar-refractivity contribution in [1.82, 2.24) is 0 Å². The second-order valence-electron chi connectivity index (χ2n) is 27.3. The normalized spacial score (nSPS) is 14.5. The van der Waals surface area contributed by atoms with Gasteiger partial charge in [0.25, 0.3) is 0 Å². The predicted molar refractivity (Wildman–Crippen MR) is 436 cm³/mol. The summed E-state index contributed by atoms with van der Waals surface area (Å²) >= 11 is 0. The van der Waals surface area contributed by atoms with E-state index < -0.39 is 97.5 Å². The van der Waals surface area contributed by atoms with Crippen molar-refractivity contribution in [2.24, 2.45) is 0 Å². The third-order valence-corrected chi connectivity index (χ3v) is 19.0. The first kappa shape index (κ1) is 101. The van der Waals surface area contributed by atoms with Crippen molar-refractivity contribution < 1.29 is 80.2 Å². The molecule has 0 fully saturated rings. The van der Waals surface area contributed by atoms with Crippen LogP contribution in [0.25, 0.3) is 0 Å². The van der Waals surface area contributed by atoms with Gasteiger partial charge in [-0.05, 0) is 135 Å². The number of hydrogen-bond donors (Lipinski definition) is 3. The number of aliphatic hydroxyl groups is 1. The first-order chi connectivity index (χ1) is 51.7. The molecule has 5 unspecified atom stereocenters. The molecule has 5 atom stereocenters. The third kappa shape index (κ3) is 77.4. The van der Waals surface area contributed by atoms with Gasteiger partial charge in [-0.1, -0.05) is 309 Å². The van der Waals surface area contributed by atoms with Crippen LogP contribution in [0.3, 0.4) is 0 Å². The lowest BCUT2D eigenvalue weighted by atomic mass is 10.0. The zero-order valence-corrected chi connectivity index (χ0v) is 68.4. The minimum atomic E-state index is -4.99. The molecule has 0 aliphatic carbocycles. The Balaban J connectivity index is 5.40. The molecule has 0 aromatic heterocycles. The average molecular weight is 1530 g/mol. The van der Waals surface area contributed by atoms with Crippen LogP contribution >= 0.6 is 15.6 Å². The quantitative estimate of drug-likeness (QED) is 0.0169. The van der Waals surface area contributed by atoms with Gasteiger partial charge in [0.15, 0.2) is 12.2 Å². The number of rotatable bonds is 77. The van der Waals surface area contributed by atoms with Gasteiger partial charge in [0, 0.05) is 25.7 Å². The second kappa shape index (κ2) is 78.3. The molecule has 0 aromatic carbocycles. The van der Waals surface area contributed by atoms with Crippen LogP contribution in [0.4, 0.5) is 0 Å². The number of ether oxygens (including phenoxy) is 4. The van der Waals surface area contributed by atoms with Crippen molar-refractivity contribution in [3.63, 3.8) is 0 Å². The highest BCUT2D eigenvalue weighted by molar-refractivity contribution is 7.47. The Bertz CT molecular complexity index is 2530. The highest BCUT2D eigenvalue weighted by Gasteiger charge is 2.30. The van der Waals surface area contributed by atoms with Gasteiger partial charge in [-0.15, -0.1) is 0 Å². The molecular weight excluding hydrogens is 1380 g/mol. The van der Waals surface area contributed by atoms with E-state index in [2.05, 4.69) is 161 Å². The summed E-state index contributed by atoms with van der Waals surface area (Å²) in [6.07, 6.45) is 88.4. The van der Waals surface area contributed by atoms with Crippen molar-refractivity contribution in [1.29, 1.82) is 0 Å². The lowest BCUT2D eigenvalue weighted by Crippen LogP contribution is -2.30. The summed E-state index contributed by atoms with van der Waals surface area (Å²) in [4.78, 5) is 73.2. The molecule has 0 bridgehead atoms. The van der Waals surface area contributed by atoms with E-state index in [9.17, 15) is 43.2 Å². The molecule has 19 heteroatoms. The minimum Gasteiger partial charge on any atom is -0.462 e. The number of esters is 4. The molecule has 0 aliphatic heterocycles. The molecule has 3 N–H and O–H groups in total. The van der Waals surface area contributed by atoms with E-state index in [0.29, 0.717) is 25.7 Å². The first-order valence-corrected chi connectivity index (χ1v) is 44.4. The van der Waals surface area contributed by atoms with Crippen LogP contribution in [0.2, 0.25) is 0 Å². The topological polar surface area (TPSA) is 237 Å². The molecule has 0 spiro atoms. The number of carbonyl (C=O) groups is 4. The van der Waals surface area contributed by atoms with Gasteiger partial charge < -0.3 is 33.8 Å². The number of hydrogen-bond acceptors (Lipinski definition) is 15. The average Bonchev–Trinajstić information content (AvgIpc) is 0.909. The summed E-state index contributed by atoms with van der Waals surface area (Å²) in [5.41, 5.74) is 0. The summed E-state index contributed by atoms with van der Waals surface area (Å²) in [6.45, 7) is 4.51. The van der Waals surface area contributed by atoms with Crippen molar-refractivity contribution in [3.05, 3.63) is 134 Å². The lowest BCUT2D eigenvalue weighted by molar-refractivity contribution is -0.161. The van der Waals surface area contributed by atoms with E-state index in [1.54, 1.807) is 0 Å². The van der Waals surface area contributed by atoms with Crippen LogP contribution in [-0.4, -0.2) is 96.7 Å². The van der Waals surface area contributed by atoms with E-state index in [4.69, 9.17) is 37.0 Å². The number of aliphatic hydroxyl groups excluding tert-OH is 1. The van der Waals surface area contributed by atoms with E-state index in [1.165, 1.54) is 64.2 Å². The summed E-state index contributed by atoms with van der Waals surface area (Å²) in [5.74, 6) is -2.23. The Labute approximate surface area is 644 Å². The van der Waals surface area contributed by atoms with Gasteiger partial charge in [-0.3, -0.25) is 37.3 Å².